The summed E-state index contributed by atoms with van der Waals surface area (Å²) < 4.78 is 112. The van der Waals surface area contributed by atoms with Crippen molar-refractivity contribution in [3.8, 4) is 11.5 Å². The summed E-state index contributed by atoms with van der Waals surface area (Å²) in [6.07, 6.45) is -10.1. The Bertz CT molecular complexity index is 1270. The van der Waals surface area contributed by atoms with Crippen LogP contribution in [0.2, 0.25) is 0 Å². The predicted octanol–water partition coefficient (Wildman–Crippen LogP) is 6.41. The van der Waals surface area contributed by atoms with Gasteiger partial charge in [0.1, 0.15) is 5.60 Å². The van der Waals surface area contributed by atoms with Gasteiger partial charge in [-0.3, -0.25) is 0 Å². The minimum absolute atomic E-state index is 0.331. The molecule has 0 aromatic heterocycles. The first-order chi connectivity index (χ1) is 17.0. The largest absolute Gasteiger partial charge is 0.743 e. The molecule has 0 saturated heterocycles. The zero-order valence-corrected chi connectivity index (χ0v) is 21.5. The molecule has 5 nitrogen and oxygen atoms in total. The van der Waals surface area contributed by atoms with Crippen LogP contribution in [0.15, 0.2) is 93.5 Å². The van der Waals surface area contributed by atoms with Crippen molar-refractivity contribution < 1.29 is 44.4 Å². The Kier molecular flexibility index (Phi) is 8.16. The molecule has 12 heteroatoms. The van der Waals surface area contributed by atoms with Gasteiger partial charge in [-0.25, -0.2) is 8.42 Å². The van der Waals surface area contributed by atoms with Crippen LogP contribution < -0.4 is 9.47 Å². The molecule has 1 unspecified atom stereocenters. The van der Waals surface area contributed by atoms with Gasteiger partial charge in [-0.15, -0.1) is 0 Å². The quantitative estimate of drug-likeness (QED) is 0.180. The molecule has 0 saturated carbocycles. The highest BCUT2D eigenvalue weighted by Gasteiger charge is 2.62. The normalized spacial score (nSPS) is 13.9. The van der Waals surface area contributed by atoms with Gasteiger partial charge in [-0.2, -0.15) is 22.0 Å². The minimum Gasteiger partial charge on any atom is -0.743 e. The van der Waals surface area contributed by atoms with Gasteiger partial charge in [-0.1, -0.05) is 36.4 Å². The Balaban J connectivity index is 2.17. The van der Waals surface area contributed by atoms with Gasteiger partial charge in [0, 0.05) is 6.07 Å². The first-order valence-corrected chi connectivity index (χ1v) is 13.4. The van der Waals surface area contributed by atoms with E-state index in [2.05, 4.69) is 4.74 Å². The second-order valence-electron chi connectivity index (χ2n) is 8.81. The average Bonchev–Trinajstić information content (AvgIpc) is 2.77. The minimum atomic E-state index is -6.71. The highest BCUT2D eigenvalue weighted by Crippen LogP contribution is 2.43. The molecule has 0 aliphatic heterocycles. The molecule has 0 heterocycles. The molecule has 3 rings (SSSR count). The fourth-order valence-electron chi connectivity index (χ4n) is 3.23. The maximum atomic E-state index is 14.1. The van der Waals surface area contributed by atoms with Gasteiger partial charge in [0.2, 0.25) is 0 Å². The number of halogens is 5. The van der Waals surface area contributed by atoms with E-state index in [9.17, 15) is 34.9 Å². The SMILES string of the molecule is CC(C)(C)Oc1cc([S+](c2ccccc2)c2ccccc2)ccc1OC(C(F)(F)F)C(F)(F)S(=O)(=O)[O-]. The van der Waals surface area contributed by atoms with E-state index in [1.54, 1.807) is 20.8 Å². The topological polar surface area (TPSA) is 75.7 Å². The zero-order valence-electron chi connectivity index (χ0n) is 19.8. The highest BCUT2D eigenvalue weighted by molar-refractivity contribution is 7.97. The molecule has 0 N–H and O–H groups in total. The molecule has 1 atom stereocenters. The molecule has 0 amide bonds. The highest BCUT2D eigenvalue weighted by atomic mass is 32.2. The molecule has 0 aliphatic carbocycles. The number of alkyl halides is 5. The van der Waals surface area contributed by atoms with Crippen molar-refractivity contribution in [3.63, 3.8) is 0 Å². The van der Waals surface area contributed by atoms with E-state index in [4.69, 9.17) is 4.74 Å². The van der Waals surface area contributed by atoms with E-state index in [1.807, 2.05) is 60.7 Å². The molecule has 0 radical (unpaired) electrons. The summed E-state index contributed by atoms with van der Waals surface area (Å²) in [7, 11) is -7.49. The third-order valence-electron chi connectivity index (χ3n) is 4.71. The lowest BCUT2D eigenvalue weighted by molar-refractivity contribution is -0.239. The monoisotopic (exact) mass is 562 g/mol. The Labute approximate surface area is 214 Å². The van der Waals surface area contributed by atoms with Crippen LogP contribution in [0.4, 0.5) is 22.0 Å². The van der Waals surface area contributed by atoms with Crippen molar-refractivity contribution in [1.29, 1.82) is 0 Å². The molecule has 3 aromatic rings. The Morgan fingerprint density at radius 3 is 1.65 bits per heavy atom. The second-order valence-corrected chi connectivity index (χ2v) is 12.3. The fraction of sp³-hybridized carbons (Fsp3) is 0.280. The Morgan fingerprint density at radius 2 is 1.24 bits per heavy atom. The average molecular weight is 563 g/mol. The molecular formula is C25H23F5O5S2. The smallest absolute Gasteiger partial charge is 0.432 e. The van der Waals surface area contributed by atoms with E-state index >= 15 is 0 Å². The summed E-state index contributed by atoms with van der Waals surface area (Å²) in [5.74, 6) is -1.13. The molecule has 0 fully saturated rings. The molecule has 0 spiro atoms. The summed E-state index contributed by atoms with van der Waals surface area (Å²) in [5.41, 5.74) is -1.00. The summed E-state index contributed by atoms with van der Waals surface area (Å²) >= 11 is 0. The van der Waals surface area contributed by atoms with Crippen LogP contribution in [0.25, 0.3) is 0 Å². The van der Waals surface area contributed by atoms with Gasteiger partial charge in [0.05, 0.1) is 10.9 Å². The van der Waals surface area contributed by atoms with Crippen molar-refractivity contribution in [2.24, 2.45) is 0 Å². The maximum Gasteiger partial charge on any atom is 0.432 e. The Morgan fingerprint density at radius 1 is 0.757 bits per heavy atom. The lowest BCUT2D eigenvalue weighted by Crippen LogP contribution is -2.53. The number of ether oxygens (including phenoxy) is 2. The fourth-order valence-corrected chi connectivity index (χ4v) is 5.78. The Hall–Kier alpha value is -2.83. The van der Waals surface area contributed by atoms with E-state index in [-0.39, 0.29) is 5.75 Å². The lowest BCUT2D eigenvalue weighted by Gasteiger charge is -2.31. The molecule has 37 heavy (non-hydrogen) atoms. The summed E-state index contributed by atoms with van der Waals surface area (Å²) in [6.45, 7) is 4.74. The molecule has 200 valence electrons. The van der Waals surface area contributed by atoms with Crippen LogP contribution >= 0.6 is 0 Å². The zero-order chi connectivity index (χ0) is 27.6. The van der Waals surface area contributed by atoms with Gasteiger partial charge in [0.25, 0.3) is 6.10 Å². The van der Waals surface area contributed by atoms with E-state index in [0.29, 0.717) is 4.90 Å². The van der Waals surface area contributed by atoms with Crippen LogP contribution in [-0.4, -0.2) is 36.1 Å². The standard InChI is InChI=1S/C25H23F5O5S2/c1-23(2,3)35-21-16-19(36(17-10-6-4-7-11-17)18-12-8-5-9-13-18)14-15-20(21)34-22(24(26,27)28)25(29,30)37(31,32)33/h4-16,22H,1-3H3. The van der Waals surface area contributed by atoms with Crippen molar-refractivity contribution in [1.82, 2.24) is 0 Å². The van der Waals surface area contributed by atoms with Crippen LogP contribution in [-0.2, 0) is 21.0 Å². The third kappa shape index (κ3) is 6.93. The van der Waals surface area contributed by atoms with Gasteiger partial charge in [-0.05, 0) is 57.2 Å². The number of benzene rings is 3. The van der Waals surface area contributed by atoms with E-state index < -0.39 is 49.9 Å². The van der Waals surface area contributed by atoms with Crippen LogP contribution in [0.5, 0.6) is 11.5 Å². The molecule has 0 bridgehead atoms. The first kappa shape index (κ1) is 28.7. The number of hydrogen-bond acceptors (Lipinski definition) is 5. The van der Waals surface area contributed by atoms with Crippen LogP contribution in [0, 0.1) is 0 Å². The van der Waals surface area contributed by atoms with Crippen molar-refractivity contribution in [3.05, 3.63) is 78.9 Å². The molecule has 0 aliphatic rings. The third-order valence-corrected chi connectivity index (χ3v) is 7.80. The van der Waals surface area contributed by atoms with E-state index in [1.165, 1.54) is 12.1 Å². The van der Waals surface area contributed by atoms with Gasteiger partial charge in [0.15, 0.2) is 36.3 Å². The summed E-state index contributed by atoms with van der Waals surface area (Å²) in [6, 6.07) is 22.1. The second kappa shape index (κ2) is 10.5. The molecule has 3 aromatic carbocycles. The maximum absolute atomic E-state index is 14.1. The van der Waals surface area contributed by atoms with Crippen LogP contribution in [0.3, 0.4) is 0 Å². The van der Waals surface area contributed by atoms with Crippen molar-refractivity contribution in [2.75, 3.05) is 0 Å². The van der Waals surface area contributed by atoms with Gasteiger partial charge < -0.3 is 14.0 Å². The number of rotatable bonds is 8. The van der Waals surface area contributed by atoms with E-state index in [0.717, 1.165) is 15.9 Å². The van der Waals surface area contributed by atoms with Crippen molar-refractivity contribution >= 4 is 21.0 Å². The van der Waals surface area contributed by atoms with Crippen LogP contribution in [0.1, 0.15) is 20.8 Å². The molecular weight excluding hydrogens is 539 g/mol. The summed E-state index contributed by atoms with van der Waals surface area (Å²) in [5, 5.41) is -5.79. The van der Waals surface area contributed by atoms with Crippen molar-refractivity contribution in [2.45, 2.75) is 58.6 Å². The number of hydrogen-bond donors (Lipinski definition) is 0. The van der Waals surface area contributed by atoms with Gasteiger partial charge >= 0.3 is 11.4 Å². The predicted molar refractivity (Wildman–Crippen MR) is 127 cm³/mol. The lowest BCUT2D eigenvalue weighted by atomic mass is 10.2. The summed E-state index contributed by atoms with van der Waals surface area (Å²) in [4.78, 5) is 2.29. The first-order valence-electron chi connectivity index (χ1n) is 10.7.